The molecule has 4 fully saturated rings. The number of rotatable bonds is 12. The maximum Gasteiger partial charge on any atom is 0.217 e. The van der Waals surface area contributed by atoms with Crippen molar-refractivity contribution in [2.45, 2.75) is 137 Å². The molecule has 0 saturated carbocycles. The van der Waals surface area contributed by atoms with Crippen LogP contribution in [-0.2, 0) is 42.7 Å². The number of carbonyl (C=O) groups is 2. The summed E-state index contributed by atoms with van der Waals surface area (Å²) >= 11 is 0. The van der Waals surface area contributed by atoms with Gasteiger partial charge in [0, 0.05) is 13.8 Å². The summed E-state index contributed by atoms with van der Waals surface area (Å²) < 4.78 is 39.0. The average Bonchev–Trinajstić information content (AvgIpc) is 3.08. The van der Waals surface area contributed by atoms with Crippen molar-refractivity contribution in [3.05, 3.63) is 0 Å². The lowest BCUT2D eigenvalue weighted by molar-refractivity contribution is -0.375. The third-order valence-electron chi connectivity index (χ3n) is 8.99. The normalized spacial score (nSPS) is 47.8. The number of aliphatic hydroxyl groups is 12. The summed E-state index contributed by atoms with van der Waals surface area (Å²) in [5, 5.41) is 129. The summed E-state index contributed by atoms with van der Waals surface area (Å²) in [6.45, 7) is -1.04. The zero-order chi connectivity index (χ0) is 37.9. The van der Waals surface area contributed by atoms with E-state index in [0.29, 0.717) is 0 Å². The third-order valence-corrected chi connectivity index (χ3v) is 8.99. The monoisotopic (exact) mass is 748 g/mol. The summed E-state index contributed by atoms with van der Waals surface area (Å²) in [6, 6.07) is -2.90. The molecule has 23 nitrogen and oxygen atoms in total. The predicted octanol–water partition coefficient (Wildman–Crippen LogP) is -9.46. The van der Waals surface area contributed by atoms with Crippen LogP contribution in [0.1, 0.15) is 13.8 Å². The minimum atomic E-state index is -2.04. The van der Waals surface area contributed by atoms with Crippen LogP contribution >= 0.6 is 0 Å². The molecule has 0 radical (unpaired) electrons. The van der Waals surface area contributed by atoms with E-state index in [4.69, 9.17) is 33.2 Å². The number of hydrogen-bond donors (Lipinski definition) is 14. The molecule has 4 heterocycles. The van der Waals surface area contributed by atoms with Crippen molar-refractivity contribution < 1.29 is 104 Å². The van der Waals surface area contributed by atoms with Crippen LogP contribution in [0.4, 0.5) is 0 Å². The van der Waals surface area contributed by atoms with E-state index in [1.807, 2.05) is 0 Å². The van der Waals surface area contributed by atoms with E-state index in [0.717, 1.165) is 13.8 Å². The Kier molecular flexibility index (Phi) is 14.8. The van der Waals surface area contributed by atoms with E-state index in [1.54, 1.807) is 0 Å². The molecule has 4 saturated heterocycles. The highest BCUT2D eigenvalue weighted by molar-refractivity contribution is 5.73. The Morgan fingerprint density at radius 2 is 0.961 bits per heavy atom. The molecular weight excluding hydrogens is 700 g/mol. The molecule has 0 aliphatic carbocycles. The average molecular weight is 749 g/mol. The SMILES string of the molecule is CC(=O)N[C@@H]1[C@@H](O)[C@@H](O)[C@@H](CO[C@@H]2O[C@H](CO)[C@@H](O)[C@H](O[C@@H]3O[C@H](CO)[C@H](O)[C@H](O[C@H]4O[C@H](CO)[C@H](O)[C@H](O)[C@H]4O)[C@H]3O)[C@H]2NC(C)=O)O[C@@H]1O. The van der Waals surface area contributed by atoms with Crippen molar-refractivity contribution >= 4 is 11.8 Å². The quantitative estimate of drug-likeness (QED) is 0.0881. The second-order valence-corrected chi connectivity index (χ2v) is 12.7. The first kappa shape index (κ1) is 41.9. The van der Waals surface area contributed by atoms with E-state index in [-0.39, 0.29) is 0 Å². The van der Waals surface area contributed by atoms with Crippen LogP contribution in [0.2, 0.25) is 0 Å². The third kappa shape index (κ3) is 9.29. The molecule has 0 aromatic rings. The first-order valence-corrected chi connectivity index (χ1v) is 16.1. The van der Waals surface area contributed by atoms with Crippen molar-refractivity contribution in [2.75, 3.05) is 26.4 Å². The summed E-state index contributed by atoms with van der Waals surface area (Å²) in [6.07, 6.45) is -31.4. The highest BCUT2D eigenvalue weighted by atomic mass is 16.8. The molecule has 23 heteroatoms. The number of aliphatic hydroxyl groups excluding tert-OH is 12. The van der Waals surface area contributed by atoms with Gasteiger partial charge in [-0.05, 0) is 0 Å². The van der Waals surface area contributed by atoms with Gasteiger partial charge in [-0.1, -0.05) is 0 Å². The number of hydrogen-bond acceptors (Lipinski definition) is 21. The highest BCUT2D eigenvalue weighted by Gasteiger charge is 2.55. The summed E-state index contributed by atoms with van der Waals surface area (Å²) in [4.78, 5) is 23.7. The molecule has 20 atom stereocenters. The van der Waals surface area contributed by atoms with E-state index < -0.39 is 161 Å². The summed E-state index contributed by atoms with van der Waals surface area (Å²) in [5.74, 6) is -1.35. The largest absolute Gasteiger partial charge is 0.394 e. The zero-order valence-electron chi connectivity index (χ0n) is 27.4. The Morgan fingerprint density at radius 1 is 0.510 bits per heavy atom. The second-order valence-electron chi connectivity index (χ2n) is 12.7. The first-order chi connectivity index (χ1) is 24.0. The molecule has 2 amide bonds. The van der Waals surface area contributed by atoms with Crippen molar-refractivity contribution in [2.24, 2.45) is 0 Å². The van der Waals surface area contributed by atoms with Crippen molar-refractivity contribution in [1.82, 2.24) is 10.6 Å². The van der Waals surface area contributed by atoms with Crippen LogP contribution in [0.5, 0.6) is 0 Å². The fraction of sp³-hybridized carbons (Fsp3) is 0.929. The maximum atomic E-state index is 12.3. The van der Waals surface area contributed by atoms with Gasteiger partial charge in [-0.15, -0.1) is 0 Å². The van der Waals surface area contributed by atoms with Crippen molar-refractivity contribution in [3.63, 3.8) is 0 Å². The number of carbonyl (C=O) groups excluding carboxylic acids is 2. The highest BCUT2D eigenvalue weighted by Crippen LogP contribution is 2.33. The number of ether oxygens (including phenoxy) is 7. The Hall–Kier alpha value is -1.82. The topological polar surface area (TPSA) is 366 Å². The van der Waals surface area contributed by atoms with Gasteiger partial charge in [-0.25, -0.2) is 0 Å². The van der Waals surface area contributed by atoms with Crippen molar-refractivity contribution in [1.29, 1.82) is 0 Å². The van der Waals surface area contributed by atoms with Crippen LogP contribution in [0.15, 0.2) is 0 Å². The van der Waals surface area contributed by atoms with Gasteiger partial charge in [-0.3, -0.25) is 9.59 Å². The van der Waals surface area contributed by atoms with E-state index in [9.17, 15) is 70.9 Å². The van der Waals surface area contributed by atoms with Gasteiger partial charge in [0.25, 0.3) is 0 Å². The fourth-order valence-electron chi connectivity index (χ4n) is 6.24. The van der Waals surface area contributed by atoms with E-state index in [2.05, 4.69) is 10.6 Å². The molecule has 4 aliphatic rings. The van der Waals surface area contributed by atoms with Crippen LogP contribution in [0.3, 0.4) is 0 Å². The molecule has 0 aromatic carbocycles. The second kappa shape index (κ2) is 18.0. The number of nitrogens with one attached hydrogen (secondary N) is 2. The van der Waals surface area contributed by atoms with Crippen LogP contribution in [0.25, 0.3) is 0 Å². The summed E-state index contributed by atoms with van der Waals surface area (Å²) in [7, 11) is 0. The fourth-order valence-corrected chi connectivity index (χ4v) is 6.24. The molecule has 4 rings (SSSR count). The molecule has 0 spiro atoms. The van der Waals surface area contributed by atoms with Crippen LogP contribution < -0.4 is 10.6 Å². The molecule has 4 aliphatic heterocycles. The molecule has 0 unspecified atom stereocenters. The van der Waals surface area contributed by atoms with Crippen LogP contribution in [-0.4, -0.2) is 222 Å². The Morgan fingerprint density at radius 3 is 1.51 bits per heavy atom. The van der Waals surface area contributed by atoms with Crippen LogP contribution in [0, 0.1) is 0 Å². The van der Waals surface area contributed by atoms with Gasteiger partial charge in [-0.2, -0.15) is 0 Å². The minimum Gasteiger partial charge on any atom is -0.394 e. The van der Waals surface area contributed by atoms with Gasteiger partial charge >= 0.3 is 0 Å². The first-order valence-electron chi connectivity index (χ1n) is 16.1. The Bertz CT molecular complexity index is 1140. The zero-order valence-corrected chi connectivity index (χ0v) is 27.4. The molecule has 51 heavy (non-hydrogen) atoms. The molecule has 296 valence electrons. The van der Waals surface area contributed by atoms with Gasteiger partial charge in [0.05, 0.1) is 26.4 Å². The lowest BCUT2D eigenvalue weighted by Gasteiger charge is -2.49. The Balaban J connectivity index is 1.54. The van der Waals surface area contributed by atoms with Gasteiger partial charge in [0.15, 0.2) is 25.2 Å². The smallest absolute Gasteiger partial charge is 0.217 e. The van der Waals surface area contributed by atoms with Gasteiger partial charge in [0.2, 0.25) is 11.8 Å². The minimum absolute atomic E-state index is 0.629. The Labute approximate surface area is 289 Å². The standard InChI is InChI=1S/C28H48N2O21/c1-7(34)29-13-19(40)16(37)12(46-25(13)44)6-45-26-14(30-8(2)35)23(17(38)10(4-32)47-26)50-28-22(43)24(18(39)11(5-33)49-28)51-27-21(42)20(41)15(36)9(3-31)48-27/h9-28,31-33,36-44H,3-6H2,1-2H3,(H,29,34)(H,30,35)/t9-,10-,11-,12-,13-,14-,15+,16+,17-,18+,19-,20+,21-,22-,23-,24+,25+,26-,27-,28+/m1/s1. The van der Waals surface area contributed by atoms with E-state index in [1.165, 1.54) is 0 Å². The predicted molar refractivity (Wildman–Crippen MR) is 157 cm³/mol. The van der Waals surface area contributed by atoms with Gasteiger partial charge < -0.3 is 105 Å². The lowest BCUT2D eigenvalue weighted by atomic mass is 9.94. The lowest BCUT2D eigenvalue weighted by Crippen LogP contribution is -2.69. The molecule has 0 bridgehead atoms. The summed E-state index contributed by atoms with van der Waals surface area (Å²) in [5.41, 5.74) is 0. The molecule has 14 N–H and O–H groups in total. The molecule has 0 aromatic heterocycles. The van der Waals surface area contributed by atoms with Gasteiger partial charge in [0.1, 0.15) is 97.5 Å². The molecular formula is C28H48N2O21. The maximum absolute atomic E-state index is 12.3. The van der Waals surface area contributed by atoms with Crippen molar-refractivity contribution in [3.8, 4) is 0 Å². The number of amides is 2. The van der Waals surface area contributed by atoms with E-state index >= 15 is 0 Å².